The van der Waals surface area contributed by atoms with Crippen LogP contribution in [0.25, 0.3) is 11.0 Å². The number of hydrogen-bond donors (Lipinski definition) is 1. The van der Waals surface area contributed by atoms with Gasteiger partial charge in [-0.3, -0.25) is 4.79 Å². The molecule has 1 amide bonds. The maximum absolute atomic E-state index is 13.5. The van der Waals surface area contributed by atoms with Gasteiger partial charge in [-0.1, -0.05) is 6.07 Å². The summed E-state index contributed by atoms with van der Waals surface area (Å²) in [5.74, 6) is -3.99. The highest BCUT2D eigenvalue weighted by molar-refractivity contribution is 7.92. The topological polar surface area (TPSA) is 56.1 Å². The van der Waals surface area contributed by atoms with E-state index in [-0.39, 0.29) is 50.6 Å². The molecule has 1 heterocycles. The van der Waals surface area contributed by atoms with E-state index >= 15 is 0 Å². The molecular formula is C18H19F6N3O2S. The number of hydrogen-bond acceptors (Lipinski definition) is 4. The molecule has 3 rings (SSSR count). The van der Waals surface area contributed by atoms with Crippen LogP contribution in [0.2, 0.25) is 0 Å². The Balaban J connectivity index is 1.62. The van der Waals surface area contributed by atoms with E-state index in [1.54, 1.807) is 18.2 Å². The lowest BCUT2D eigenvalue weighted by Crippen LogP contribution is -2.29. The highest BCUT2D eigenvalue weighted by Crippen LogP contribution is 2.50. The summed E-state index contributed by atoms with van der Waals surface area (Å²) in [5.41, 5.74) is 1.40. The summed E-state index contributed by atoms with van der Waals surface area (Å²) >= 11 is -0.149. The molecule has 0 spiro atoms. The van der Waals surface area contributed by atoms with Crippen molar-refractivity contribution >= 4 is 29.3 Å². The van der Waals surface area contributed by atoms with Gasteiger partial charge in [0.1, 0.15) is 5.82 Å². The SMILES string of the molecule is CC(OCCc1nc2ccc(CNC(=O)CC3CC3(F)F)cc2n1SF)C(F)(F)F. The molecule has 166 valence electrons. The first-order valence-electron chi connectivity index (χ1n) is 9.13. The maximum atomic E-state index is 13.5. The third-order valence-electron chi connectivity index (χ3n) is 4.84. The van der Waals surface area contributed by atoms with E-state index in [0.29, 0.717) is 16.6 Å². The van der Waals surface area contributed by atoms with Crippen LogP contribution >= 0.6 is 12.3 Å². The third-order valence-corrected chi connectivity index (χ3v) is 5.39. The first-order chi connectivity index (χ1) is 14.0. The standard InChI is InChI=1S/C18H19F6N3O2S/c1-10(18(21,22)23)29-5-4-15-26-13-3-2-11(6-14(13)27(15)30-24)9-25-16(28)7-12-8-17(12,19)20/h2-3,6,10,12H,4-5,7-9H2,1H3,(H,25,28). The summed E-state index contributed by atoms with van der Waals surface area (Å²) in [6, 6.07) is 4.80. The highest BCUT2D eigenvalue weighted by Gasteiger charge is 2.57. The molecule has 1 fully saturated rings. The lowest BCUT2D eigenvalue weighted by Gasteiger charge is -2.16. The van der Waals surface area contributed by atoms with Gasteiger partial charge in [-0.05, 0) is 24.6 Å². The molecule has 1 saturated carbocycles. The van der Waals surface area contributed by atoms with Gasteiger partial charge in [-0.2, -0.15) is 13.2 Å². The molecule has 0 bridgehead atoms. The Morgan fingerprint density at radius 3 is 2.73 bits per heavy atom. The predicted octanol–water partition coefficient (Wildman–Crippen LogP) is 4.59. The molecule has 12 heteroatoms. The summed E-state index contributed by atoms with van der Waals surface area (Å²) in [4.78, 5) is 16.0. The normalized spacial score (nSPS) is 19.1. The Labute approximate surface area is 172 Å². The Bertz CT molecular complexity index is 917. The van der Waals surface area contributed by atoms with Gasteiger partial charge in [0.25, 0.3) is 5.92 Å². The van der Waals surface area contributed by atoms with Crippen LogP contribution < -0.4 is 5.32 Å². The summed E-state index contributed by atoms with van der Waals surface area (Å²) in [7, 11) is 0. The van der Waals surface area contributed by atoms with E-state index in [4.69, 9.17) is 4.74 Å². The van der Waals surface area contributed by atoms with Gasteiger partial charge in [-0.15, -0.1) is 3.89 Å². The number of aromatic nitrogens is 2. The number of amides is 1. The number of imidazole rings is 1. The first kappa shape index (κ1) is 22.7. The molecular weight excluding hydrogens is 436 g/mol. The van der Waals surface area contributed by atoms with E-state index in [1.807, 2.05) is 0 Å². The number of nitrogens with zero attached hydrogens (tertiary/aromatic N) is 2. The first-order valence-corrected chi connectivity index (χ1v) is 9.81. The van der Waals surface area contributed by atoms with E-state index in [9.17, 15) is 30.6 Å². The number of carbonyl (C=O) groups excluding carboxylic acids is 1. The van der Waals surface area contributed by atoms with Crippen molar-refractivity contribution in [3.05, 3.63) is 29.6 Å². The quantitative estimate of drug-likeness (QED) is 0.562. The van der Waals surface area contributed by atoms with Crippen LogP contribution in [0.4, 0.5) is 25.8 Å². The Hall–Kier alpha value is -1.95. The molecule has 2 atom stereocenters. The van der Waals surface area contributed by atoms with Gasteiger partial charge in [0, 0.05) is 31.7 Å². The van der Waals surface area contributed by atoms with Gasteiger partial charge in [0.05, 0.1) is 17.6 Å². The summed E-state index contributed by atoms with van der Waals surface area (Å²) in [6.07, 6.45) is -7.00. The second kappa shape index (κ2) is 8.66. The minimum atomic E-state index is -4.48. The molecule has 0 aliphatic heterocycles. The molecule has 0 saturated heterocycles. The van der Waals surface area contributed by atoms with Crippen LogP contribution in [0, 0.1) is 5.92 Å². The lowest BCUT2D eigenvalue weighted by atomic mass is 10.2. The van der Waals surface area contributed by atoms with Crippen LogP contribution in [-0.4, -0.2) is 39.7 Å². The smallest absolute Gasteiger partial charge is 0.369 e. The lowest BCUT2D eigenvalue weighted by molar-refractivity contribution is -0.213. The van der Waals surface area contributed by atoms with Crippen molar-refractivity contribution in [2.24, 2.45) is 5.92 Å². The van der Waals surface area contributed by atoms with Crippen LogP contribution in [0.3, 0.4) is 0 Å². The monoisotopic (exact) mass is 455 g/mol. The molecule has 1 aromatic carbocycles. The predicted molar refractivity (Wildman–Crippen MR) is 98.5 cm³/mol. The Kier molecular flexibility index (Phi) is 6.56. The zero-order valence-electron chi connectivity index (χ0n) is 15.8. The molecule has 5 nitrogen and oxygen atoms in total. The van der Waals surface area contributed by atoms with Crippen LogP contribution in [0.15, 0.2) is 18.2 Å². The number of nitrogens with one attached hydrogen (secondary N) is 1. The Morgan fingerprint density at radius 2 is 2.13 bits per heavy atom. The number of halogens is 6. The van der Waals surface area contributed by atoms with Crippen molar-refractivity contribution < 1.29 is 35.4 Å². The number of benzene rings is 1. The van der Waals surface area contributed by atoms with Crippen LogP contribution in [0.5, 0.6) is 0 Å². The minimum Gasteiger partial charge on any atom is -0.369 e. The molecule has 1 aromatic heterocycles. The van der Waals surface area contributed by atoms with Gasteiger partial charge in [-0.25, -0.2) is 17.7 Å². The summed E-state index contributed by atoms with van der Waals surface area (Å²) in [6.45, 7) is 0.661. The zero-order valence-corrected chi connectivity index (χ0v) is 16.6. The molecule has 1 aliphatic carbocycles. The molecule has 2 unspecified atom stereocenters. The molecule has 1 aliphatic rings. The van der Waals surface area contributed by atoms with Crippen molar-refractivity contribution in [2.75, 3.05) is 6.61 Å². The molecule has 30 heavy (non-hydrogen) atoms. The van der Waals surface area contributed by atoms with Crippen LogP contribution in [-0.2, 0) is 22.5 Å². The number of ether oxygens (including phenoxy) is 1. The number of carbonyl (C=O) groups is 1. The van der Waals surface area contributed by atoms with E-state index in [1.165, 1.54) is 0 Å². The minimum absolute atomic E-state index is 0.0340. The maximum Gasteiger partial charge on any atom is 0.414 e. The van der Waals surface area contributed by atoms with Gasteiger partial charge in [0.15, 0.2) is 18.4 Å². The van der Waals surface area contributed by atoms with Crippen molar-refractivity contribution in [1.29, 1.82) is 0 Å². The number of alkyl halides is 5. The number of rotatable bonds is 9. The van der Waals surface area contributed by atoms with Gasteiger partial charge < -0.3 is 10.1 Å². The number of fused-ring (bicyclic) bond motifs is 1. The molecule has 1 N–H and O–H groups in total. The third kappa shape index (κ3) is 5.39. The fraction of sp³-hybridized carbons (Fsp3) is 0.556. The average molecular weight is 455 g/mol. The highest BCUT2D eigenvalue weighted by atomic mass is 32.2. The second-order valence-corrected chi connectivity index (χ2v) is 7.67. The zero-order chi connectivity index (χ0) is 22.1. The van der Waals surface area contributed by atoms with E-state index < -0.39 is 30.0 Å². The largest absolute Gasteiger partial charge is 0.414 e. The van der Waals surface area contributed by atoms with Crippen molar-refractivity contribution in [3.63, 3.8) is 0 Å². The van der Waals surface area contributed by atoms with E-state index in [0.717, 1.165) is 10.9 Å². The second-order valence-electron chi connectivity index (χ2n) is 7.16. The van der Waals surface area contributed by atoms with Gasteiger partial charge in [0.2, 0.25) is 5.91 Å². The van der Waals surface area contributed by atoms with Gasteiger partial charge >= 0.3 is 6.18 Å². The van der Waals surface area contributed by atoms with Crippen molar-refractivity contribution in [1.82, 2.24) is 14.3 Å². The van der Waals surface area contributed by atoms with E-state index in [2.05, 4.69) is 10.3 Å². The fourth-order valence-corrected chi connectivity index (χ4v) is 3.34. The van der Waals surface area contributed by atoms with Crippen molar-refractivity contribution in [2.45, 2.75) is 50.9 Å². The molecule has 0 radical (unpaired) electrons. The fourth-order valence-electron chi connectivity index (χ4n) is 2.90. The van der Waals surface area contributed by atoms with Crippen molar-refractivity contribution in [3.8, 4) is 0 Å². The van der Waals surface area contributed by atoms with Crippen LogP contribution in [0.1, 0.15) is 31.2 Å². The average Bonchev–Trinajstić information content (AvgIpc) is 3.10. The summed E-state index contributed by atoms with van der Waals surface area (Å²) in [5, 5.41) is 2.55. The molecule has 2 aromatic rings. The Morgan fingerprint density at radius 1 is 1.43 bits per heavy atom. The summed E-state index contributed by atoms with van der Waals surface area (Å²) < 4.78 is 82.6.